The van der Waals surface area contributed by atoms with Crippen molar-refractivity contribution in [2.24, 2.45) is 0 Å². The summed E-state index contributed by atoms with van der Waals surface area (Å²) in [5.74, 6) is -1.31. The van der Waals surface area contributed by atoms with E-state index in [1.807, 2.05) is 0 Å². The van der Waals surface area contributed by atoms with E-state index in [4.69, 9.17) is 0 Å². The molecule has 0 saturated carbocycles. The molecule has 0 radical (unpaired) electrons. The third-order valence-corrected chi connectivity index (χ3v) is 4.38. The highest BCUT2D eigenvalue weighted by Crippen LogP contribution is 2.36. The van der Waals surface area contributed by atoms with Gasteiger partial charge in [-0.05, 0) is 35.9 Å². The zero-order valence-corrected chi connectivity index (χ0v) is 14.2. The van der Waals surface area contributed by atoms with Crippen LogP contribution in [-0.2, 0) is 0 Å². The molecule has 27 heavy (non-hydrogen) atoms. The van der Waals surface area contributed by atoms with Crippen LogP contribution in [0.1, 0.15) is 0 Å². The van der Waals surface area contributed by atoms with Gasteiger partial charge in [0.2, 0.25) is 0 Å². The maximum absolute atomic E-state index is 14.5. The van der Waals surface area contributed by atoms with Gasteiger partial charge in [0.15, 0.2) is 0 Å². The quantitative estimate of drug-likeness (QED) is 0.406. The van der Waals surface area contributed by atoms with E-state index < -0.39 is 17.5 Å². The fraction of sp³-hybridized carbons (Fsp3) is 0. The second-order valence-electron chi connectivity index (χ2n) is 6.05. The summed E-state index contributed by atoms with van der Waals surface area (Å²) in [5.41, 5.74) is 2.16. The minimum Gasteiger partial charge on any atom is -0.255 e. The fourth-order valence-electron chi connectivity index (χ4n) is 3.07. The molecule has 1 aromatic heterocycles. The van der Waals surface area contributed by atoms with Gasteiger partial charge in [-0.25, -0.2) is 13.2 Å². The van der Waals surface area contributed by atoms with Crippen molar-refractivity contribution < 1.29 is 13.2 Å². The molecule has 0 bridgehead atoms. The van der Waals surface area contributed by atoms with Gasteiger partial charge in [-0.1, -0.05) is 48.5 Å². The fourth-order valence-corrected chi connectivity index (χ4v) is 3.07. The Morgan fingerprint density at radius 3 is 1.44 bits per heavy atom. The SMILES string of the molecule is Fc1ccccc1-c1cc(-c2ccccc2F)c(-c2ccccc2F)cn1. The first-order valence-electron chi connectivity index (χ1n) is 8.40. The van der Waals surface area contributed by atoms with E-state index in [9.17, 15) is 13.2 Å². The molecular formula is C23H14F3N. The van der Waals surface area contributed by atoms with Crippen LogP contribution in [0.2, 0.25) is 0 Å². The predicted octanol–water partition coefficient (Wildman–Crippen LogP) is 6.50. The topological polar surface area (TPSA) is 12.9 Å². The van der Waals surface area contributed by atoms with E-state index in [-0.39, 0.29) is 0 Å². The van der Waals surface area contributed by atoms with E-state index in [0.29, 0.717) is 33.5 Å². The van der Waals surface area contributed by atoms with Crippen molar-refractivity contribution in [2.45, 2.75) is 0 Å². The van der Waals surface area contributed by atoms with Gasteiger partial charge >= 0.3 is 0 Å². The van der Waals surface area contributed by atoms with Crippen molar-refractivity contribution in [1.82, 2.24) is 4.98 Å². The largest absolute Gasteiger partial charge is 0.255 e. The minimum atomic E-state index is -0.444. The number of pyridine rings is 1. The molecule has 4 aromatic rings. The molecule has 0 aliphatic heterocycles. The third kappa shape index (κ3) is 3.22. The lowest BCUT2D eigenvalue weighted by molar-refractivity contribution is 0.629. The molecule has 0 atom stereocenters. The lowest BCUT2D eigenvalue weighted by atomic mass is 9.94. The highest BCUT2D eigenvalue weighted by atomic mass is 19.1. The van der Waals surface area contributed by atoms with Gasteiger partial charge in [-0.3, -0.25) is 4.98 Å². The molecule has 0 aliphatic rings. The molecule has 132 valence electrons. The highest BCUT2D eigenvalue weighted by Gasteiger charge is 2.17. The molecule has 0 saturated heterocycles. The molecule has 0 fully saturated rings. The van der Waals surface area contributed by atoms with Crippen LogP contribution in [0.4, 0.5) is 13.2 Å². The molecular weight excluding hydrogens is 347 g/mol. The molecule has 0 N–H and O–H groups in total. The molecule has 0 aliphatic carbocycles. The van der Waals surface area contributed by atoms with Gasteiger partial charge in [0.25, 0.3) is 0 Å². The Morgan fingerprint density at radius 1 is 0.481 bits per heavy atom. The van der Waals surface area contributed by atoms with E-state index in [1.54, 1.807) is 60.7 Å². The first kappa shape index (κ1) is 17.0. The molecule has 0 unspecified atom stereocenters. The van der Waals surface area contributed by atoms with E-state index in [1.165, 1.54) is 24.4 Å². The molecule has 0 spiro atoms. The summed E-state index contributed by atoms with van der Waals surface area (Å²) in [6.07, 6.45) is 1.46. The van der Waals surface area contributed by atoms with Crippen LogP contribution in [0.15, 0.2) is 85.1 Å². The Balaban J connectivity index is 2.00. The average molecular weight is 361 g/mol. The zero-order chi connectivity index (χ0) is 18.8. The van der Waals surface area contributed by atoms with Gasteiger partial charge in [-0.2, -0.15) is 0 Å². The third-order valence-electron chi connectivity index (χ3n) is 4.38. The normalized spacial score (nSPS) is 10.8. The molecule has 4 rings (SSSR count). The lowest BCUT2D eigenvalue weighted by Crippen LogP contribution is -1.95. The summed E-state index contributed by atoms with van der Waals surface area (Å²) in [7, 11) is 0. The standard InChI is InChI=1S/C23H14F3N/c24-20-10-4-1-7-15(20)18-13-23(17-9-3-6-12-22(17)26)27-14-19(18)16-8-2-5-11-21(16)25/h1-14H. The van der Waals surface area contributed by atoms with Crippen molar-refractivity contribution in [2.75, 3.05) is 0 Å². The van der Waals surface area contributed by atoms with Gasteiger partial charge in [-0.15, -0.1) is 0 Å². The van der Waals surface area contributed by atoms with Crippen molar-refractivity contribution >= 4 is 0 Å². The molecule has 3 aromatic carbocycles. The first-order valence-corrected chi connectivity index (χ1v) is 8.40. The Bertz CT molecular complexity index is 1120. The van der Waals surface area contributed by atoms with Crippen molar-refractivity contribution in [3.8, 4) is 33.5 Å². The lowest BCUT2D eigenvalue weighted by Gasteiger charge is -2.14. The monoisotopic (exact) mass is 361 g/mol. The summed E-state index contributed by atoms with van der Waals surface area (Å²) in [6.45, 7) is 0. The predicted molar refractivity (Wildman–Crippen MR) is 100 cm³/mol. The molecule has 4 heteroatoms. The summed E-state index contributed by atoms with van der Waals surface area (Å²) in [5, 5.41) is 0. The molecule has 1 heterocycles. The van der Waals surface area contributed by atoms with Gasteiger partial charge in [0.05, 0.1) is 5.69 Å². The van der Waals surface area contributed by atoms with Crippen LogP contribution in [0.3, 0.4) is 0 Å². The summed E-state index contributed by atoms with van der Waals surface area (Å²) >= 11 is 0. The Hall–Kier alpha value is -3.40. The number of aromatic nitrogens is 1. The van der Waals surface area contributed by atoms with E-state index in [0.717, 1.165) is 0 Å². The minimum absolute atomic E-state index is 0.301. The first-order chi connectivity index (χ1) is 13.1. The van der Waals surface area contributed by atoms with Crippen LogP contribution in [0.5, 0.6) is 0 Å². The second kappa shape index (κ2) is 7.08. The maximum atomic E-state index is 14.5. The van der Waals surface area contributed by atoms with E-state index in [2.05, 4.69) is 4.98 Å². The highest BCUT2D eigenvalue weighted by molar-refractivity contribution is 5.86. The van der Waals surface area contributed by atoms with Crippen LogP contribution >= 0.6 is 0 Å². The summed E-state index contributed by atoms with van der Waals surface area (Å²) in [4.78, 5) is 4.31. The van der Waals surface area contributed by atoms with Crippen LogP contribution < -0.4 is 0 Å². The Labute approximate surface area is 154 Å². The zero-order valence-electron chi connectivity index (χ0n) is 14.2. The summed E-state index contributed by atoms with van der Waals surface area (Å²) in [6, 6.07) is 20.3. The number of hydrogen-bond donors (Lipinski definition) is 0. The number of halogens is 3. The number of hydrogen-bond acceptors (Lipinski definition) is 1. The number of benzene rings is 3. The van der Waals surface area contributed by atoms with Crippen LogP contribution in [0.25, 0.3) is 33.5 Å². The van der Waals surface area contributed by atoms with Gasteiger partial charge in [0, 0.05) is 28.5 Å². The van der Waals surface area contributed by atoms with Crippen LogP contribution in [0, 0.1) is 17.5 Å². The Kier molecular flexibility index (Phi) is 4.47. The maximum Gasteiger partial charge on any atom is 0.132 e. The average Bonchev–Trinajstić information content (AvgIpc) is 2.69. The smallest absolute Gasteiger partial charge is 0.132 e. The van der Waals surface area contributed by atoms with Gasteiger partial charge in [0.1, 0.15) is 17.5 Å². The van der Waals surface area contributed by atoms with Crippen molar-refractivity contribution in [3.05, 3.63) is 103 Å². The van der Waals surface area contributed by atoms with Crippen molar-refractivity contribution in [3.63, 3.8) is 0 Å². The number of nitrogens with zero attached hydrogens (tertiary/aromatic N) is 1. The van der Waals surface area contributed by atoms with Gasteiger partial charge < -0.3 is 0 Å². The van der Waals surface area contributed by atoms with Crippen molar-refractivity contribution in [1.29, 1.82) is 0 Å². The second-order valence-corrected chi connectivity index (χ2v) is 6.05. The molecule has 0 amide bonds. The van der Waals surface area contributed by atoms with Crippen LogP contribution in [-0.4, -0.2) is 4.98 Å². The summed E-state index contributed by atoms with van der Waals surface area (Å²) < 4.78 is 43.1. The number of rotatable bonds is 3. The molecule has 1 nitrogen and oxygen atoms in total. The van der Waals surface area contributed by atoms with E-state index >= 15 is 0 Å². The Morgan fingerprint density at radius 2 is 0.926 bits per heavy atom.